The zero-order valence-electron chi connectivity index (χ0n) is 13.2. The number of amides is 1. The largest absolute Gasteiger partial charge is 0.467 e. The summed E-state index contributed by atoms with van der Waals surface area (Å²) < 4.78 is 17.6. The van der Waals surface area contributed by atoms with E-state index in [4.69, 9.17) is 4.74 Å². The number of carbonyl (C=O) groups is 2. The highest BCUT2D eigenvalue weighted by molar-refractivity contribution is 5.96. The molecule has 4 nitrogen and oxygen atoms in total. The smallest absolute Gasteiger partial charge is 0.328 e. The molecular weight excluding hydrogens is 309 g/mol. The van der Waals surface area contributed by atoms with Gasteiger partial charge in [0.15, 0.2) is 0 Å². The number of nitrogens with one attached hydrogen (secondary N) is 1. The predicted octanol–water partition coefficient (Wildman–Crippen LogP) is 3.20. The van der Waals surface area contributed by atoms with Crippen LogP contribution < -0.4 is 5.32 Å². The second kappa shape index (κ2) is 8.62. The first-order valence-electron chi connectivity index (χ1n) is 7.46. The summed E-state index contributed by atoms with van der Waals surface area (Å²) in [5, 5.41) is 2.60. The van der Waals surface area contributed by atoms with Gasteiger partial charge in [-0.05, 0) is 36.2 Å². The third-order valence-electron chi connectivity index (χ3n) is 3.38. The van der Waals surface area contributed by atoms with E-state index in [0.29, 0.717) is 0 Å². The SMILES string of the molecule is COC(=O)[C@H](C/C=C/c1ccccc1)NC(=O)c1ccc(F)cc1. The Hall–Kier alpha value is -2.95. The molecule has 0 bridgehead atoms. The fourth-order valence-electron chi connectivity index (χ4n) is 2.10. The topological polar surface area (TPSA) is 55.4 Å². The minimum Gasteiger partial charge on any atom is -0.467 e. The van der Waals surface area contributed by atoms with Crippen LogP contribution in [0.4, 0.5) is 4.39 Å². The number of carbonyl (C=O) groups excluding carboxylic acids is 2. The molecule has 2 aromatic carbocycles. The molecule has 0 aliphatic heterocycles. The van der Waals surface area contributed by atoms with Gasteiger partial charge in [0.05, 0.1) is 7.11 Å². The first-order valence-corrected chi connectivity index (χ1v) is 7.46. The molecule has 124 valence electrons. The number of rotatable bonds is 6. The summed E-state index contributed by atoms with van der Waals surface area (Å²) in [5.74, 6) is -1.43. The molecule has 0 spiro atoms. The van der Waals surface area contributed by atoms with Gasteiger partial charge in [-0.15, -0.1) is 0 Å². The predicted molar refractivity (Wildman–Crippen MR) is 89.8 cm³/mol. The monoisotopic (exact) mass is 327 g/mol. The third-order valence-corrected chi connectivity index (χ3v) is 3.38. The highest BCUT2D eigenvalue weighted by atomic mass is 19.1. The summed E-state index contributed by atoms with van der Waals surface area (Å²) in [6, 6.07) is 13.9. The summed E-state index contributed by atoms with van der Waals surface area (Å²) >= 11 is 0. The van der Waals surface area contributed by atoms with Crippen LogP contribution in [0.2, 0.25) is 0 Å². The molecular formula is C19H18FNO3. The summed E-state index contributed by atoms with van der Waals surface area (Å²) in [4.78, 5) is 24.0. The number of ether oxygens (including phenoxy) is 1. The molecule has 0 aromatic heterocycles. The van der Waals surface area contributed by atoms with Crippen molar-refractivity contribution < 1.29 is 18.7 Å². The molecule has 24 heavy (non-hydrogen) atoms. The summed E-state index contributed by atoms with van der Waals surface area (Å²) in [6.45, 7) is 0. The van der Waals surface area contributed by atoms with Crippen molar-refractivity contribution in [3.63, 3.8) is 0 Å². The van der Waals surface area contributed by atoms with Gasteiger partial charge < -0.3 is 10.1 Å². The molecule has 0 saturated heterocycles. The van der Waals surface area contributed by atoms with E-state index >= 15 is 0 Å². The van der Waals surface area contributed by atoms with Crippen LogP contribution in [0, 0.1) is 5.82 Å². The van der Waals surface area contributed by atoms with E-state index in [2.05, 4.69) is 5.32 Å². The summed E-state index contributed by atoms with van der Waals surface area (Å²) in [6.07, 6.45) is 3.94. The molecule has 0 aliphatic rings. The minimum absolute atomic E-state index is 0.275. The number of hydrogen-bond donors (Lipinski definition) is 1. The first-order chi connectivity index (χ1) is 11.6. The Kier molecular flexibility index (Phi) is 6.25. The molecule has 1 amide bonds. The number of hydrogen-bond acceptors (Lipinski definition) is 3. The minimum atomic E-state index is -0.812. The molecule has 1 atom stereocenters. The standard InChI is InChI=1S/C19H18FNO3/c1-24-19(23)17(9-5-8-14-6-3-2-4-7-14)21-18(22)15-10-12-16(20)13-11-15/h2-8,10-13,17H,9H2,1H3,(H,21,22)/b8-5+/t17-/m0/s1. The van der Waals surface area contributed by atoms with Crippen LogP contribution in [0.15, 0.2) is 60.7 Å². The van der Waals surface area contributed by atoms with E-state index in [1.54, 1.807) is 6.08 Å². The van der Waals surface area contributed by atoms with Crippen molar-refractivity contribution in [1.29, 1.82) is 0 Å². The first kappa shape index (κ1) is 17.4. The zero-order valence-corrected chi connectivity index (χ0v) is 13.2. The fraction of sp³-hybridized carbons (Fsp3) is 0.158. The van der Waals surface area contributed by atoms with Gasteiger partial charge >= 0.3 is 5.97 Å². The summed E-state index contributed by atoms with van der Waals surface area (Å²) in [5.41, 5.74) is 1.27. The average Bonchev–Trinajstić information content (AvgIpc) is 2.61. The maximum atomic E-state index is 12.9. The van der Waals surface area contributed by atoms with Crippen LogP contribution in [0.1, 0.15) is 22.3 Å². The van der Waals surface area contributed by atoms with Crippen LogP contribution in [0.25, 0.3) is 6.08 Å². The second-order valence-corrected chi connectivity index (χ2v) is 5.10. The number of halogens is 1. The van der Waals surface area contributed by atoms with Crippen LogP contribution in [-0.4, -0.2) is 25.0 Å². The molecule has 0 radical (unpaired) electrons. The van der Waals surface area contributed by atoms with E-state index < -0.39 is 23.7 Å². The van der Waals surface area contributed by atoms with Gasteiger partial charge in [0.25, 0.3) is 5.91 Å². The Morgan fingerprint density at radius 2 is 1.79 bits per heavy atom. The van der Waals surface area contributed by atoms with Crippen molar-refractivity contribution >= 4 is 18.0 Å². The Balaban J connectivity index is 2.02. The van der Waals surface area contributed by atoms with Gasteiger partial charge in [-0.3, -0.25) is 4.79 Å². The van der Waals surface area contributed by atoms with Crippen molar-refractivity contribution in [2.75, 3.05) is 7.11 Å². The normalized spacial score (nSPS) is 11.9. The van der Waals surface area contributed by atoms with Crippen molar-refractivity contribution in [2.24, 2.45) is 0 Å². The van der Waals surface area contributed by atoms with Gasteiger partial charge in [-0.25, -0.2) is 9.18 Å². The van der Waals surface area contributed by atoms with Crippen molar-refractivity contribution in [3.05, 3.63) is 77.6 Å². The van der Waals surface area contributed by atoms with Gasteiger partial charge in [0.2, 0.25) is 0 Å². The zero-order chi connectivity index (χ0) is 17.4. The molecule has 0 heterocycles. The Morgan fingerprint density at radius 3 is 2.42 bits per heavy atom. The van der Waals surface area contributed by atoms with Gasteiger partial charge in [-0.2, -0.15) is 0 Å². The lowest BCUT2D eigenvalue weighted by molar-refractivity contribution is -0.142. The van der Waals surface area contributed by atoms with E-state index in [0.717, 1.165) is 5.56 Å². The molecule has 5 heteroatoms. The quantitative estimate of drug-likeness (QED) is 0.829. The molecule has 0 saturated carbocycles. The molecule has 1 N–H and O–H groups in total. The van der Waals surface area contributed by atoms with Crippen LogP contribution in [0.5, 0.6) is 0 Å². The number of benzene rings is 2. The Labute approximate surface area is 140 Å². The van der Waals surface area contributed by atoms with Crippen molar-refractivity contribution in [3.8, 4) is 0 Å². The lowest BCUT2D eigenvalue weighted by Gasteiger charge is -2.15. The van der Waals surface area contributed by atoms with E-state index in [1.165, 1.54) is 31.4 Å². The van der Waals surface area contributed by atoms with E-state index in [1.807, 2.05) is 36.4 Å². The second-order valence-electron chi connectivity index (χ2n) is 5.10. The number of methoxy groups -OCH3 is 1. The molecule has 0 unspecified atom stereocenters. The van der Waals surface area contributed by atoms with Crippen LogP contribution in [-0.2, 0) is 9.53 Å². The third kappa shape index (κ3) is 5.05. The molecule has 0 aliphatic carbocycles. The van der Waals surface area contributed by atoms with Gasteiger partial charge in [-0.1, -0.05) is 42.5 Å². The molecule has 2 aromatic rings. The maximum absolute atomic E-state index is 12.9. The lowest BCUT2D eigenvalue weighted by Crippen LogP contribution is -2.41. The number of esters is 1. The highest BCUT2D eigenvalue weighted by Crippen LogP contribution is 2.07. The average molecular weight is 327 g/mol. The highest BCUT2D eigenvalue weighted by Gasteiger charge is 2.20. The fourth-order valence-corrected chi connectivity index (χ4v) is 2.10. The maximum Gasteiger partial charge on any atom is 0.328 e. The van der Waals surface area contributed by atoms with E-state index in [9.17, 15) is 14.0 Å². The Bertz CT molecular complexity index is 711. The molecule has 0 fully saturated rings. The van der Waals surface area contributed by atoms with Crippen molar-refractivity contribution in [1.82, 2.24) is 5.32 Å². The summed E-state index contributed by atoms with van der Waals surface area (Å²) in [7, 11) is 1.26. The van der Waals surface area contributed by atoms with Gasteiger partial charge in [0.1, 0.15) is 11.9 Å². The lowest BCUT2D eigenvalue weighted by atomic mass is 10.1. The van der Waals surface area contributed by atoms with Crippen LogP contribution >= 0.6 is 0 Å². The van der Waals surface area contributed by atoms with Crippen molar-refractivity contribution in [2.45, 2.75) is 12.5 Å². The Morgan fingerprint density at radius 1 is 1.12 bits per heavy atom. The van der Waals surface area contributed by atoms with Crippen LogP contribution in [0.3, 0.4) is 0 Å². The van der Waals surface area contributed by atoms with E-state index in [-0.39, 0.29) is 12.0 Å². The van der Waals surface area contributed by atoms with Gasteiger partial charge in [0, 0.05) is 5.56 Å². The molecule has 2 rings (SSSR count).